The molecule has 4 rings (SSSR count). The van der Waals surface area contributed by atoms with Gasteiger partial charge in [0.05, 0.1) is 17.9 Å². The molecule has 2 aromatic rings. The molecule has 0 bridgehead atoms. The Bertz CT molecular complexity index is 895. The Kier molecular flexibility index (Phi) is 5.30. The fourth-order valence-electron chi connectivity index (χ4n) is 3.74. The highest BCUT2D eigenvalue weighted by molar-refractivity contribution is 6.31. The van der Waals surface area contributed by atoms with E-state index in [0.717, 1.165) is 24.6 Å². The van der Waals surface area contributed by atoms with E-state index in [1.807, 2.05) is 24.3 Å². The van der Waals surface area contributed by atoms with Crippen molar-refractivity contribution in [3.63, 3.8) is 0 Å². The highest BCUT2D eigenvalue weighted by atomic mass is 19.1. The van der Waals surface area contributed by atoms with E-state index < -0.39 is 0 Å². The number of carbonyl (C=O) groups is 1. The van der Waals surface area contributed by atoms with Gasteiger partial charge in [-0.25, -0.2) is 4.39 Å². The Morgan fingerprint density at radius 3 is 2.89 bits per heavy atom. The van der Waals surface area contributed by atoms with Crippen LogP contribution in [0.5, 0.6) is 5.75 Å². The third kappa shape index (κ3) is 4.17. The van der Waals surface area contributed by atoms with Crippen molar-refractivity contribution in [2.45, 2.75) is 12.8 Å². The molecule has 1 unspecified atom stereocenters. The summed E-state index contributed by atoms with van der Waals surface area (Å²) in [6.45, 7) is 2.99. The van der Waals surface area contributed by atoms with Crippen molar-refractivity contribution in [1.82, 2.24) is 4.90 Å². The van der Waals surface area contributed by atoms with Crippen LogP contribution in [0.15, 0.2) is 48.7 Å². The number of ether oxygens (including phenoxy) is 1. The zero-order valence-corrected chi connectivity index (χ0v) is 15.9. The van der Waals surface area contributed by atoms with E-state index in [9.17, 15) is 9.18 Å². The van der Waals surface area contributed by atoms with Crippen LogP contribution < -0.4 is 15.4 Å². The molecular formula is C22H24FN3O2. The van der Waals surface area contributed by atoms with E-state index >= 15 is 0 Å². The molecule has 1 saturated heterocycles. The Morgan fingerprint density at radius 2 is 2.11 bits per heavy atom. The Balaban J connectivity index is 1.36. The summed E-state index contributed by atoms with van der Waals surface area (Å²) >= 11 is 0. The molecule has 2 aliphatic heterocycles. The fraction of sp³-hybridized carbons (Fsp3) is 0.318. The average Bonchev–Trinajstić information content (AvgIpc) is 2.99. The maximum absolute atomic E-state index is 13.3. The second kappa shape index (κ2) is 8.02. The van der Waals surface area contributed by atoms with Gasteiger partial charge in [0.15, 0.2) is 0 Å². The summed E-state index contributed by atoms with van der Waals surface area (Å²) < 4.78 is 19.2. The lowest BCUT2D eigenvalue weighted by Gasteiger charge is -2.29. The number of nitrogens with zero attached hydrogens (tertiary/aromatic N) is 1. The Labute approximate surface area is 164 Å². The van der Waals surface area contributed by atoms with Gasteiger partial charge < -0.3 is 20.3 Å². The van der Waals surface area contributed by atoms with Gasteiger partial charge in [0.1, 0.15) is 11.6 Å². The number of hydrogen-bond acceptors (Lipinski definition) is 4. The minimum absolute atomic E-state index is 0.245. The first kappa shape index (κ1) is 18.5. The van der Waals surface area contributed by atoms with Crippen LogP contribution in [0.1, 0.15) is 18.4 Å². The Morgan fingerprint density at radius 1 is 1.29 bits per heavy atom. The number of rotatable bonds is 5. The van der Waals surface area contributed by atoms with E-state index in [1.165, 1.54) is 31.5 Å². The van der Waals surface area contributed by atoms with Gasteiger partial charge in [-0.3, -0.25) is 4.79 Å². The zero-order chi connectivity index (χ0) is 19.5. The molecule has 2 heterocycles. The van der Waals surface area contributed by atoms with E-state index in [0.29, 0.717) is 22.7 Å². The Hall–Kier alpha value is -2.86. The lowest BCUT2D eigenvalue weighted by Crippen LogP contribution is -2.34. The largest absolute Gasteiger partial charge is 0.493 e. The molecule has 0 spiro atoms. The van der Waals surface area contributed by atoms with Gasteiger partial charge in [0, 0.05) is 29.9 Å². The number of likely N-dealkylation sites (tertiary alicyclic amines) is 1. The number of piperidine rings is 1. The first-order valence-electron chi connectivity index (χ1n) is 9.58. The van der Waals surface area contributed by atoms with Gasteiger partial charge in [-0.15, -0.1) is 0 Å². The van der Waals surface area contributed by atoms with Gasteiger partial charge in [-0.05, 0) is 68.9 Å². The zero-order valence-electron chi connectivity index (χ0n) is 15.9. The molecular weight excluding hydrogens is 357 g/mol. The molecule has 0 radical (unpaired) electrons. The third-order valence-electron chi connectivity index (χ3n) is 5.21. The molecule has 2 aromatic carbocycles. The van der Waals surface area contributed by atoms with Gasteiger partial charge >= 0.3 is 0 Å². The molecule has 2 N–H and O–H groups in total. The van der Waals surface area contributed by atoms with Gasteiger partial charge in [-0.2, -0.15) is 0 Å². The van der Waals surface area contributed by atoms with Crippen molar-refractivity contribution in [1.29, 1.82) is 0 Å². The second-order valence-corrected chi connectivity index (χ2v) is 7.45. The quantitative estimate of drug-likeness (QED) is 0.770. The van der Waals surface area contributed by atoms with Crippen LogP contribution in [0, 0.1) is 11.7 Å². The van der Waals surface area contributed by atoms with Crippen LogP contribution >= 0.6 is 0 Å². The maximum atomic E-state index is 13.3. The molecule has 6 heteroatoms. The van der Waals surface area contributed by atoms with Crippen LogP contribution in [0.3, 0.4) is 0 Å². The summed E-state index contributed by atoms with van der Waals surface area (Å²) in [4.78, 5) is 14.5. The molecule has 5 nitrogen and oxygen atoms in total. The summed E-state index contributed by atoms with van der Waals surface area (Å²) in [5, 5.41) is 5.81. The molecule has 1 fully saturated rings. The molecule has 28 heavy (non-hydrogen) atoms. The lowest BCUT2D eigenvalue weighted by atomic mass is 10.00. The van der Waals surface area contributed by atoms with E-state index in [-0.39, 0.29) is 11.7 Å². The summed E-state index contributed by atoms with van der Waals surface area (Å²) in [6.07, 6.45) is 4.09. The summed E-state index contributed by atoms with van der Waals surface area (Å²) in [5.41, 5.74) is 2.52. The predicted molar refractivity (Wildman–Crippen MR) is 109 cm³/mol. The predicted octanol–water partition coefficient (Wildman–Crippen LogP) is 3.95. The van der Waals surface area contributed by atoms with E-state index in [2.05, 4.69) is 22.6 Å². The number of nitrogens with one attached hydrogen (secondary N) is 2. The first-order valence-corrected chi connectivity index (χ1v) is 9.58. The molecule has 0 aromatic heterocycles. The summed E-state index contributed by atoms with van der Waals surface area (Å²) in [6, 6.07) is 12.0. The number of benzene rings is 2. The third-order valence-corrected chi connectivity index (χ3v) is 5.21. The number of carbonyl (C=O) groups excluding carboxylic acids is 1. The second-order valence-electron chi connectivity index (χ2n) is 7.45. The molecule has 2 aliphatic rings. The van der Waals surface area contributed by atoms with Crippen molar-refractivity contribution in [3.8, 4) is 5.75 Å². The topological polar surface area (TPSA) is 53.6 Å². The minimum Gasteiger partial charge on any atom is -0.493 e. The first-order chi connectivity index (χ1) is 13.6. The number of anilines is 2. The number of hydrogen-bond donors (Lipinski definition) is 2. The maximum Gasteiger partial charge on any atom is 0.257 e. The fourth-order valence-corrected chi connectivity index (χ4v) is 3.74. The van der Waals surface area contributed by atoms with Gasteiger partial charge in [0.2, 0.25) is 0 Å². The smallest absolute Gasteiger partial charge is 0.257 e. The number of halogens is 1. The van der Waals surface area contributed by atoms with Gasteiger partial charge in [0.25, 0.3) is 5.91 Å². The molecule has 0 saturated carbocycles. The van der Waals surface area contributed by atoms with Crippen LogP contribution in [0.4, 0.5) is 15.8 Å². The molecule has 0 aliphatic carbocycles. The minimum atomic E-state index is -0.372. The van der Waals surface area contributed by atoms with E-state index in [4.69, 9.17) is 4.74 Å². The number of fused-ring (bicyclic) bond motifs is 1. The van der Waals surface area contributed by atoms with Crippen molar-refractivity contribution in [2.24, 2.45) is 5.92 Å². The summed E-state index contributed by atoms with van der Waals surface area (Å²) in [7, 11) is 2.15. The standard InChI is InChI=1S/C22H24FN3O2/c1-26-10-2-3-15(13-26)14-28-18-7-5-17(6-8-18)24-12-20-19-9-4-16(23)11-21(19)25-22(20)27/h4-9,11-12,15,24H,2-3,10,13-14H2,1H3,(H,25,27)/b20-12-. The highest BCUT2D eigenvalue weighted by Crippen LogP contribution is 2.32. The number of amides is 1. The van der Waals surface area contributed by atoms with Crippen molar-refractivity contribution >= 4 is 22.9 Å². The normalized spacial score (nSPS) is 20.7. The van der Waals surface area contributed by atoms with Crippen LogP contribution in [-0.2, 0) is 4.79 Å². The molecule has 1 atom stereocenters. The highest BCUT2D eigenvalue weighted by Gasteiger charge is 2.24. The van der Waals surface area contributed by atoms with Gasteiger partial charge in [-0.1, -0.05) is 0 Å². The van der Waals surface area contributed by atoms with Crippen LogP contribution in [-0.4, -0.2) is 37.6 Å². The van der Waals surface area contributed by atoms with E-state index in [1.54, 1.807) is 12.3 Å². The van der Waals surface area contributed by atoms with Crippen molar-refractivity contribution < 1.29 is 13.9 Å². The monoisotopic (exact) mass is 381 g/mol. The summed E-state index contributed by atoms with van der Waals surface area (Å²) in [5.74, 6) is 0.798. The van der Waals surface area contributed by atoms with Crippen molar-refractivity contribution in [2.75, 3.05) is 37.4 Å². The van der Waals surface area contributed by atoms with Crippen LogP contribution in [0.25, 0.3) is 5.57 Å². The average molecular weight is 381 g/mol. The SMILES string of the molecule is CN1CCCC(COc2ccc(N/C=C3\C(=O)Nc4cc(F)ccc43)cc2)C1. The van der Waals surface area contributed by atoms with Crippen LogP contribution in [0.2, 0.25) is 0 Å². The molecule has 1 amide bonds. The van der Waals surface area contributed by atoms with Crippen molar-refractivity contribution in [3.05, 3.63) is 60.0 Å². The lowest BCUT2D eigenvalue weighted by molar-refractivity contribution is -0.110. The molecule has 146 valence electrons.